The molecule has 3 heteroatoms. The third-order valence-corrected chi connectivity index (χ3v) is 3.37. The molecule has 1 aliphatic carbocycles. The molecular weight excluding hydrogens is 202 g/mol. The molecule has 3 nitrogen and oxygen atoms in total. The van der Waals surface area contributed by atoms with E-state index in [1.165, 1.54) is 45.6 Å². The van der Waals surface area contributed by atoms with Crippen LogP contribution in [0, 0.1) is 0 Å². The quantitative estimate of drug-likeness (QED) is 0.537. The van der Waals surface area contributed by atoms with Crippen LogP contribution in [0.4, 0.5) is 0 Å². The smallest absolute Gasteiger partial charge is 0.322 e. The highest BCUT2D eigenvalue weighted by Crippen LogP contribution is 2.19. The van der Waals surface area contributed by atoms with Crippen molar-refractivity contribution in [2.45, 2.75) is 70.4 Å². The highest BCUT2D eigenvalue weighted by molar-refractivity contribution is 5.75. The Bertz CT molecular complexity index is 200. The van der Waals surface area contributed by atoms with Gasteiger partial charge in [-0.25, -0.2) is 0 Å². The third kappa shape index (κ3) is 4.52. The monoisotopic (exact) mass is 227 g/mol. The Morgan fingerprint density at radius 1 is 1.38 bits per heavy atom. The first-order valence-corrected chi connectivity index (χ1v) is 6.61. The average Bonchev–Trinajstić information content (AvgIpc) is 2.80. The molecule has 0 aliphatic heterocycles. The zero-order valence-corrected chi connectivity index (χ0v) is 10.6. The molecule has 0 radical (unpaired) electrons. The van der Waals surface area contributed by atoms with Gasteiger partial charge >= 0.3 is 5.97 Å². The highest BCUT2D eigenvalue weighted by atomic mass is 16.5. The lowest BCUT2D eigenvalue weighted by Crippen LogP contribution is -2.42. The van der Waals surface area contributed by atoms with Gasteiger partial charge < -0.3 is 10.1 Å². The number of nitrogens with one attached hydrogen (secondary N) is 1. The Kier molecular flexibility index (Phi) is 6.46. The lowest BCUT2D eigenvalue weighted by molar-refractivity contribution is -0.143. The molecule has 0 aromatic carbocycles. The molecule has 1 rings (SSSR count). The van der Waals surface area contributed by atoms with Crippen LogP contribution in [0.1, 0.15) is 58.3 Å². The minimum Gasteiger partial charge on any atom is -0.468 e. The third-order valence-electron chi connectivity index (χ3n) is 3.37. The standard InChI is InChI=1S/C13H25NO2/c1-3-4-5-10-12(13(15)16-2)14-11-8-6-7-9-11/h11-12,14H,3-10H2,1-2H3. The molecule has 0 saturated heterocycles. The van der Waals surface area contributed by atoms with E-state index >= 15 is 0 Å². The topological polar surface area (TPSA) is 38.3 Å². The predicted octanol–water partition coefficient (Wildman–Crippen LogP) is 2.64. The van der Waals surface area contributed by atoms with Gasteiger partial charge in [-0.05, 0) is 19.3 Å². The molecular formula is C13H25NO2. The van der Waals surface area contributed by atoms with Crippen LogP contribution >= 0.6 is 0 Å². The minimum absolute atomic E-state index is 0.0837. The number of carbonyl (C=O) groups is 1. The molecule has 0 spiro atoms. The largest absolute Gasteiger partial charge is 0.468 e. The number of carbonyl (C=O) groups excluding carboxylic acids is 1. The van der Waals surface area contributed by atoms with Gasteiger partial charge in [0, 0.05) is 6.04 Å². The van der Waals surface area contributed by atoms with Crippen LogP contribution in [0.15, 0.2) is 0 Å². The van der Waals surface area contributed by atoms with Crippen LogP contribution < -0.4 is 5.32 Å². The highest BCUT2D eigenvalue weighted by Gasteiger charge is 2.24. The van der Waals surface area contributed by atoms with Crippen molar-refractivity contribution in [3.8, 4) is 0 Å². The maximum atomic E-state index is 11.6. The summed E-state index contributed by atoms with van der Waals surface area (Å²) in [5, 5.41) is 3.45. The zero-order chi connectivity index (χ0) is 11.8. The molecule has 0 bridgehead atoms. The first-order valence-electron chi connectivity index (χ1n) is 6.61. The van der Waals surface area contributed by atoms with Gasteiger partial charge in [-0.2, -0.15) is 0 Å². The zero-order valence-electron chi connectivity index (χ0n) is 10.6. The summed E-state index contributed by atoms with van der Waals surface area (Å²) in [4.78, 5) is 11.6. The van der Waals surface area contributed by atoms with E-state index in [1.807, 2.05) is 0 Å². The Hall–Kier alpha value is -0.570. The second-order valence-electron chi connectivity index (χ2n) is 4.72. The molecule has 1 saturated carbocycles. The summed E-state index contributed by atoms with van der Waals surface area (Å²) < 4.78 is 4.85. The van der Waals surface area contributed by atoms with Crippen LogP contribution in [0.2, 0.25) is 0 Å². The summed E-state index contributed by atoms with van der Waals surface area (Å²) in [5.41, 5.74) is 0. The van der Waals surface area contributed by atoms with Gasteiger partial charge in [0.15, 0.2) is 0 Å². The summed E-state index contributed by atoms with van der Waals surface area (Å²) in [6.45, 7) is 2.18. The SMILES string of the molecule is CCCCCC(NC1CCCC1)C(=O)OC. The molecule has 0 aromatic heterocycles. The first kappa shape index (κ1) is 13.5. The average molecular weight is 227 g/mol. The van der Waals surface area contributed by atoms with Crippen LogP contribution in [-0.4, -0.2) is 25.2 Å². The number of ether oxygens (including phenoxy) is 1. The summed E-state index contributed by atoms with van der Waals surface area (Å²) in [6, 6.07) is 0.449. The lowest BCUT2D eigenvalue weighted by Gasteiger charge is -2.20. The molecule has 0 heterocycles. The van der Waals surface area contributed by atoms with Gasteiger partial charge in [0.25, 0.3) is 0 Å². The number of unbranched alkanes of at least 4 members (excludes halogenated alkanes) is 2. The van der Waals surface area contributed by atoms with Gasteiger partial charge in [0.05, 0.1) is 7.11 Å². The number of hydrogen-bond donors (Lipinski definition) is 1. The summed E-state index contributed by atoms with van der Waals surface area (Å²) in [7, 11) is 1.48. The maximum absolute atomic E-state index is 11.6. The summed E-state index contributed by atoms with van der Waals surface area (Å²) in [5.74, 6) is -0.0944. The molecule has 0 aromatic rings. The molecule has 16 heavy (non-hydrogen) atoms. The van der Waals surface area contributed by atoms with E-state index in [0.29, 0.717) is 6.04 Å². The van der Waals surface area contributed by atoms with Gasteiger partial charge in [-0.3, -0.25) is 4.79 Å². The van der Waals surface area contributed by atoms with Crippen LogP contribution in [0.5, 0.6) is 0 Å². The number of rotatable bonds is 7. The fourth-order valence-electron chi connectivity index (χ4n) is 2.39. The Morgan fingerprint density at radius 3 is 2.62 bits per heavy atom. The Balaban J connectivity index is 2.33. The fraction of sp³-hybridized carbons (Fsp3) is 0.923. The van der Waals surface area contributed by atoms with E-state index in [2.05, 4.69) is 12.2 Å². The Morgan fingerprint density at radius 2 is 2.06 bits per heavy atom. The van der Waals surface area contributed by atoms with E-state index in [9.17, 15) is 4.79 Å². The van der Waals surface area contributed by atoms with Crippen LogP contribution in [-0.2, 0) is 9.53 Å². The summed E-state index contributed by atoms with van der Waals surface area (Å²) >= 11 is 0. The van der Waals surface area contributed by atoms with Gasteiger partial charge in [-0.15, -0.1) is 0 Å². The van der Waals surface area contributed by atoms with Crippen LogP contribution in [0.3, 0.4) is 0 Å². The normalized spacial score (nSPS) is 18.6. The second kappa shape index (κ2) is 7.66. The van der Waals surface area contributed by atoms with Crippen molar-refractivity contribution in [1.82, 2.24) is 5.32 Å². The Labute approximate surface area is 98.9 Å². The predicted molar refractivity (Wildman–Crippen MR) is 65.3 cm³/mol. The van der Waals surface area contributed by atoms with Crippen molar-refractivity contribution in [1.29, 1.82) is 0 Å². The number of methoxy groups -OCH3 is 1. The van der Waals surface area contributed by atoms with Gasteiger partial charge in [-0.1, -0.05) is 39.0 Å². The molecule has 1 unspecified atom stereocenters. The molecule has 1 fully saturated rings. The summed E-state index contributed by atoms with van der Waals surface area (Å²) in [6.07, 6.45) is 9.41. The molecule has 1 aliphatic rings. The minimum atomic E-state index is -0.0944. The van der Waals surface area contributed by atoms with Crippen molar-refractivity contribution in [2.75, 3.05) is 7.11 Å². The van der Waals surface area contributed by atoms with Crippen molar-refractivity contribution >= 4 is 5.97 Å². The number of hydrogen-bond acceptors (Lipinski definition) is 3. The van der Waals surface area contributed by atoms with Crippen molar-refractivity contribution in [3.63, 3.8) is 0 Å². The lowest BCUT2D eigenvalue weighted by atomic mass is 10.1. The van der Waals surface area contributed by atoms with Crippen molar-refractivity contribution in [2.24, 2.45) is 0 Å². The van der Waals surface area contributed by atoms with Gasteiger partial charge in [0.1, 0.15) is 6.04 Å². The molecule has 0 amide bonds. The second-order valence-corrected chi connectivity index (χ2v) is 4.72. The first-order chi connectivity index (χ1) is 7.77. The van der Waals surface area contributed by atoms with E-state index in [4.69, 9.17) is 4.74 Å². The van der Waals surface area contributed by atoms with E-state index in [1.54, 1.807) is 0 Å². The molecule has 1 N–H and O–H groups in total. The molecule has 94 valence electrons. The van der Waals surface area contributed by atoms with Crippen molar-refractivity contribution in [3.05, 3.63) is 0 Å². The molecule has 1 atom stereocenters. The number of esters is 1. The van der Waals surface area contributed by atoms with Gasteiger partial charge in [0.2, 0.25) is 0 Å². The fourth-order valence-corrected chi connectivity index (χ4v) is 2.39. The van der Waals surface area contributed by atoms with E-state index in [-0.39, 0.29) is 12.0 Å². The van der Waals surface area contributed by atoms with E-state index < -0.39 is 0 Å². The maximum Gasteiger partial charge on any atom is 0.322 e. The van der Waals surface area contributed by atoms with Crippen LogP contribution in [0.25, 0.3) is 0 Å². The van der Waals surface area contributed by atoms with Crippen molar-refractivity contribution < 1.29 is 9.53 Å². The van der Waals surface area contributed by atoms with E-state index in [0.717, 1.165) is 12.8 Å².